The van der Waals surface area contributed by atoms with E-state index in [0.29, 0.717) is 11.3 Å². The monoisotopic (exact) mass is 329 g/mol. The Balaban J connectivity index is 2.86. The number of rotatable bonds is 3. The zero-order chi connectivity index (χ0) is 18.7. The van der Waals surface area contributed by atoms with Gasteiger partial charge in [0.25, 0.3) is 0 Å². The Morgan fingerprint density at radius 1 is 1.68 bits per heavy atom. The molecule has 0 saturated heterocycles. The Bertz CT molecular complexity index is 860. The summed E-state index contributed by atoms with van der Waals surface area (Å²) in [7, 11) is -8.83. The fourth-order valence-electron chi connectivity index (χ4n) is 1.74. The molecular formula is C10H16N2O4S3. The maximum absolute atomic E-state index is 12.7. The smallest absolute Gasteiger partial charge is 0.247 e. The first-order valence-corrected chi connectivity index (χ1v) is 9.20. The lowest BCUT2D eigenvalue weighted by atomic mass is 10.1. The van der Waals surface area contributed by atoms with E-state index in [-0.39, 0.29) is 12.1 Å². The molecule has 1 aliphatic rings. The summed E-state index contributed by atoms with van der Waals surface area (Å²) < 4.78 is 86.3. The van der Waals surface area contributed by atoms with Crippen LogP contribution < -0.4 is 10.5 Å². The van der Waals surface area contributed by atoms with E-state index in [0.717, 1.165) is 6.07 Å². The molecule has 0 spiro atoms. The number of nitrogens with two attached hydrogens (primary N) is 1. The van der Waals surface area contributed by atoms with Crippen LogP contribution in [0, 0.1) is 0 Å². The van der Waals surface area contributed by atoms with Crippen molar-refractivity contribution in [3.63, 3.8) is 0 Å². The Labute approximate surface area is 124 Å². The van der Waals surface area contributed by atoms with Crippen LogP contribution in [-0.2, 0) is 19.9 Å². The average molecular weight is 329 g/mol. The number of hydrogen-bond acceptors (Lipinski definition) is 6. The summed E-state index contributed by atoms with van der Waals surface area (Å²) in [6.45, 7) is -1.27. The van der Waals surface area contributed by atoms with E-state index in [4.69, 9.17) is 12.0 Å². The normalized spacial score (nSPS) is 33.3. The van der Waals surface area contributed by atoms with Gasteiger partial charge in [0, 0.05) is 18.5 Å². The number of nitrogens with one attached hydrogen (secondary N) is 1. The van der Waals surface area contributed by atoms with E-state index in [2.05, 4.69) is 5.32 Å². The van der Waals surface area contributed by atoms with Crippen LogP contribution in [0.1, 0.15) is 38.6 Å². The second kappa shape index (κ2) is 4.81. The molecule has 0 bridgehead atoms. The van der Waals surface area contributed by atoms with Gasteiger partial charge in [-0.05, 0) is 25.8 Å². The molecule has 9 heteroatoms. The van der Waals surface area contributed by atoms with E-state index >= 15 is 0 Å². The Hall–Kier alpha value is -0.480. The highest BCUT2D eigenvalue weighted by Gasteiger charge is 2.39. The van der Waals surface area contributed by atoms with Crippen molar-refractivity contribution in [2.45, 2.75) is 39.9 Å². The van der Waals surface area contributed by atoms with Crippen LogP contribution >= 0.6 is 11.3 Å². The summed E-state index contributed by atoms with van der Waals surface area (Å²) in [5.41, 5.74) is -0.114. The number of hydrogen-bond donors (Lipinski definition) is 2. The molecule has 0 saturated carbocycles. The van der Waals surface area contributed by atoms with Gasteiger partial charge in [-0.15, -0.1) is 11.3 Å². The van der Waals surface area contributed by atoms with E-state index in [1.807, 2.05) is 0 Å². The van der Waals surface area contributed by atoms with Gasteiger partial charge in [-0.3, -0.25) is 0 Å². The third-order valence-electron chi connectivity index (χ3n) is 2.59. The Morgan fingerprint density at radius 3 is 2.89 bits per heavy atom. The highest BCUT2D eigenvalue weighted by Crippen LogP contribution is 2.42. The fraction of sp³-hybridized carbons (Fsp3) is 0.600. The molecule has 0 radical (unpaired) electrons. The van der Waals surface area contributed by atoms with Crippen molar-refractivity contribution in [2.24, 2.45) is 5.14 Å². The minimum Gasteiger partial charge on any atom is -0.310 e. The molecule has 108 valence electrons. The number of fused-ring (bicyclic) bond motifs is 1. The van der Waals surface area contributed by atoms with Gasteiger partial charge >= 0.3 is 0 Å². The van der Waals surface area contributed by atoms with Gasteiger partial charge in [-0.1, -0.05) is 6.92 Å². The topological polar surface area (TPSA) is 106 Å². The van der Waals surface area contributed by atoms with Crippen molar-refractivity contribution in [2.75, 3.05) is 6.54 Å². The van der Waals surface area contributed by atoms with Crippen LogP contribution in [0.5, 0.6) is 0 Å². The van der Waals surface area contributed by atoms with Crippen LogP contribution in [0.15, 0.2) is 14.5 Å². The van der Waals surface area contributed by atoms with Gasteiger partial charge in [0.1, 0.15) is 8.42 Å². The van der Waals surface area contributed by atoms with Gasteiger partial charge in [-0.2, -0.15) is 0 Å². The first-order chi connectivity index (χ1) is 10.6. The average Bonchev–Trinajstić information content (AvgIpc) is 2.76. The highest BCUT2D eigenvalue weighted by atomic mass is 32.3. The Morgan fingerprint density at radius 2 is 2.37 bits per heavy atom. The van der Waals surface area contributed by atoms with Crippen molar-refractivity contribution < 1.29 is 23.7 Å². The molecule has 1 aromatic rings. The molecule has 1 aromatic heterocycles. The summed E-state index contributed by atoms with van der Waals surface area (Å²) in [4.78, 5) is 0. The van der Waals surface area contributed by atoms with E-state index in [9.17, 15) is 16.8 Å². The first kappa shape index (κ1) is 9.46. The van der Waals surface area contributed by atoms with Crippen LogP contribution in [0.2, 0.25) is 0 Å². The molecule has 2 atom stereocenters. The lowest BCUT2D eigenvalue weighted by molar-refractivity contribution is 0.477. The molecule has 0 amide bonds. The maximum Gasteiger partial charge on any atom is 0.247 e. The summed E-state index contributed by atoms with van der Waals surface area (Å²) in [5, 5.41) is 5.43. The van der Waals surface area contributed by atoms with Crippen molar-refractivity contribution >= 4 is 31.2 Å². The van der Waals surface area contributed by atoms with Gasteiger partial charge < -0.3 is 5.32 Å². The fourth-order valence-corrected chi connectivity index (χ4v) is 5.62. The predicted octanol–water partition coefficient (Wildman–Crippen LogP) is 0.612. The molecular weight excluding hydrogens is 308 g/mol. The second-order valence-corrected chi connectivity index (χ2v) is 9.00. The number of thiophene rings is 1. The predicted molar refractivity (Wildman–Crippen MR) is 73.4 cm³/mol. The lowest BCUT2D eigenvalue weighted by Crippen LogP contribution is -2.33. The van der Waals surface area contributed by atoms with Crippen molar-refractivity contribution in [3.8, 4) is 0 Å². The van der Waals surface area contributed by atoms with Crippen molar-refractivity contribution in [1.29, 1.82) is 0 Å². The standard InChI is InChI=1S/C10H16N2O4S3/c1-3-12-8-4-6(2)18(13,14)10-7(8)5-9(17-10)19(11,15)16/h5-6,8,12H,3-4H2,1-2H3,(H2,11,15,16)/t6-,8-/m0/s1/i2D3,4D2. The zero-order valence-corrected chi connectivity index (χ0v) is 12.3. The second-order valence-electron chi connectivity index (χ2n) is 3.94. The van der Waals surface area contributed by atoms with Crippen molar-refractivity contribution in [1.82, 2.24) is 5.32 Å². The lowest BCUT2D eigenvalue weighted by Gasteiger charge is -2.27. The number of sulfone groups is 1. The molecule has 19 heavy (non-hydrogen) atoms. The van der Waals surface area contributed by atoms with E-state index < -0.39 is 52.8 Å². The van der Waals surface area contributed by atoms with Gasteiger partial charge in [-0.25, -0.2) is 22.0 Å². The van der Waals surface area contributed by atoms with E-state index in [1.54, 1.807) is 6.92 Å². The first-order valence-electron chi connectivity index (χ1n) is 7.79. The summed E-state index contributed by atoms with van der Waals surface area (Å²) in [5.74, 6) is 0. The molecule has 0 unspecified atom stereocenters. The minimum atomic E-state index is -4.62. The number of sulfonamides is 1. The SMILES string of the molecule is [2H]C([2H])([2H])[C@H]1C([2H])([2H])[C@H](NCC)c2cc(S(N)(=O)=O)sc2S1(=O)=O. The van der Waals surface area contributed by atoms with Gasteiger partial charge in [0.05, 0.1) is 5.25 Å². The Kier molecular flexibility index (Phi) is 2.39. The molecule has 1 aliphatic heterocycles. The third-order valence-corrected chi connectivity index (χ3v) is 7.41. The quantitative estimate of drug-likeness (QED) is 0.845. The summed E-state index contributed by atoms with van der Waals surface area (Å²) in [6.07, 6.45) is -2.68. The van der Waals surface area contributed by atoms with Crippen LogP contribution in [0.4, 0.5) is 0 Å². The highest BCUT2D eigenvalue weighted by molar-refractivity contribution is 7.95. The zero-order valence-electron chi connectivity index (χ0n) is 14.9. The third kappa shape index (κ3) is 2.57. The molecule has 2 heterocycles. The molecule has 0 aliphatic carbocycles. The summed E-state index contributed by atoms with van der Waals surface area (Å²) in [6, 6.07) is -0.300. The minimum absolute atomic E-state index is 0.114. The van der Waals surface area contributed by atoms with Gasteiger partial charge in [0.15, 0.2) is 9.84 Å². The molecule has 0 fully saturated rings. The number of primary sulfonamides is 1. The molecule has 6 nitrogen and oxygen atoms in total. The van der Waals surface area contributed by atoms with Crippen molar-refractivity contribution in [3.05, 3.63) is 11.6 Å². The van der Waals surface area contributed by atoms with E-state index in [1.165, 1.54) is 0 Å². The summed E-state index contributed by atoms with van der Waals surface area (Å²) >= 11 is 0.342. The van der Waals surface area contributed by atoms with Crippen LogP contribution in [0.25, 0.3) is 0 Å². The largest absolute Gasteiger partial charge is 0.310 e. The molecule has 2 rings (SSSR count). The maximum atomic E-state index is 12.7. The van der Waals surface area contributed by atoms with Crippen LogP contribution in [0.3, 0.4) is 0 Å². The van der Waals surface area contributed by atoms with Gasteiger partial charge in [0.2, 0.25) is 10.0 Å². The van der Waals surface area contributed by atoms with Crippen LogP contribution in [-0.4, -0.2) is 28.6 Å². The molecule has 3 N–H and O–H groups in total. The molecule has 0 aromatic carbocycles.